The summed E-state index contributed by atoms with van der Waals surface area (Å²) in [6, 6.07) is 6.85. The van der Waals surface area contributed by atoms with Gasteiger partial charge in [0.2, 0.25) is 0 Å². The lowest BCUT2D eigenvalue weighted by Gasteiger charge is -2.12. The number of anilines is 1. The van der Waals surface area contributed by atoms with E-state index in [-0.39, 0.29) is 12.1 Å². The molecule has 1 aromatic rings. The van der Waals surface area contributed by atoms with Crippen LogP contribution in [-0.4, -0.2) is 18.6 Å². The second-order valence-electron chi connectivity index (χ2n) is 4.35. The second kappa shape index (κ2) is 5.38. The summed E-state index contributed by atoms with van der Waals surface area (Å²) in [4.78, 5) is 11.6. The van der Waals surface area contributed by atoms with E-state index in [0.29, 0.717) is 23.2 Å². The van der Waals surface area contributed by atoms with Crippen molar-refractivity contribution in [3.63, 3.8) is 0 Å². The second-order valence-corrected chi connectivity index (χ2v) is 4.78. The molecule has 1 aromatic carbocycles. The molecule has 0 spiro atoms. The smallest absolute Gasteiger partial charge is 0.319 e. The number of benzene rings is 1. The zero-order valence-electron chi connectivity index (χ0n) is 9.45. The summed E-state index contributed by atoms with van der Waals surface area (Å²) in [6.45, 7) is 0.511. The molecule has 0 bridgehead atoms. The van der Waals surface area contributed by atoms with E-state index < -0.39 is 0 Å². The molecule has 2 rings (SSSR count). The molecule has 1 fully saturated rings. The van der Waals surface area contributed by atoms with Crippen molar-refractivity contribution in [3.8, 4) is 0 Å². The highest BCUT2D eigenvalue weighted by Crippen LogP contribution is 2.31. The summed E-state index contributed by atoms with van der Waals surface area (Å²) in [5.41, 5.74) is 6.56. The molecule has 17 heavy (non-hydrogen) atoms. The van der Waals surface area contributed by atoms with Gasteiger partial charge in [-0.1, -0.05) is 17.7 Å². The highest BCUT2D eigenvalue weighted by atomic mass is 35.5. The minimum atomic E-state index is -0.247. The number of urea groups is 1. The van der Waals surface area contributed by atoms with Crippen molar-refractivity contribution < 1.29 is 4.79 Å². The lowest BCUT2D eigenvalue weighted by atomic mass is 10.2. The van der Waals surface area contributed by atoms with Gasteiger partial charge in [-0.2, -0.15) is 0 Å². The first kappa shape index (κ1) is 12.2. The zero-order chi connectivity index (χ0) is 12.3. The predicted octanol–water partition coefficient (Wildman–Crippen LogP) is 2.20. The third kappa shape index (κ3) is 3.91. The van der Waals surface area contributed by atoms with Crippen LogP contribution in [-0.2, 0) is 0 Å². The van der Waals surface area contributed by atoms with E-state index in [1.165, 1.54) is 12.8 Å². The van der Waals surface area contributed by atoms with Crippen molar-refractivity contribution in [3.05, 3.63) is 29.3 Å². The number of rotatable bonds is 4. The van der Waals surface area contributed by atoms with E-state index >= 15 is 0 Å². The van der Waals surface area contributed by atoms with E-state index in [1.807, 2.05) is 0 Å². The quantitative estimate of drug-likeness (QED) is 0.770. The molecule has 0 heterocycles. The number of halogens is 1. The maximum Gasteiger partial charge on any atom is 0.319 e. The number of nitrogens with two attached hydrogens (primary N) is 1. The van der Waals surface area contributed by atoms with Crippen LogP contribution in [0.5, 0.6) is 0 Å². The number of amides is 2. The van der Waals surface area contributed by atoms with Crippen LogP contribution in [0.2, 0.25) is 5.02 Å². The Balaban J connectivity index is 1.76. The van der Waals surface area contributed by atoms with Crippen LogP contribution in [0.4, 0.5) is 10.5 Å². The van der Waals surface area contributed by atoms with Gasteiger partial charge in [0.25, 0.3) is 0 Å². The molecule has 0 aromatic heterocycles. The molecule has 92 valence electrons. The van der Waals surface area contributed by atoms with Crippen LogP contribution in [0, 0.1) is 5.92 Å². The lowest BCUT2D eigenvalue weighted by Crippen LogP contribution is -2.40. The van der Waals surface area contributed by atoms with Crippen molar-refractivity contribution in [1.82, 2.24) is 5.32 Å². The van der Waals surface area contributed by atoms with Crippen LogP contribution in [0.1, 0.15) is 12.8 Å². The number of hydrogen-bond acceptors (Lipinski definition) is 2. The summed E-state index contributed by atoms with van der Waals surface area (Å²) in [5.74, 6) is 0.585. The molecule has 0 aliphatic heterocycles. The molecule has 4 nitrogen and oxygen atoms in total. The molecule has 1 aliphatic carbocycles. The Morgan fingerprint density at radius 2 is 2.29 bits per heavy atom. The first-order valence-electron chi connectivity index (χ1n) is 5.71. The van der Waals surface area contributed by atoms with Crippen molar-refractivity contribution in [2.45, 2.75) is 18.9 Å². The molecule has 0 radical (unpaired) electrons. The zero-order valence-corrected chi connectivity index (χ0v) is 10.2. The number of carbonyl (C=O) groups is 1. The Labute approximate surface area is 106 Å². The predicted molar refractivity (Wildman–Crippen MR) is 69.2 cm³/mol. The van der Waals surface area contributed by atoms with Crippen LogP contribution >= 0.6 is 11.6 Å². The van der Waals surface area contributed by atoms with E-state index in [4.69, 9.17) is 17.3 Å². The third-order valence-corrected chi connectivity index (χ3v) is 3.04. The van der Waals surface area contributed by atoms with Crippen LogP contribution in [0.15, 0.2) is 24.3 Å². The summed E-state index contributed by atoms with van der Waals surface area (Å²) >= 11 is 5.81. The fraction of sp³-hybridized carbons (Fsp3) is 0.417. The highest BCUT2D eigenvalue weighted by Gasteiger charge is 2.28. The van der Waals surface area contributed by atoms with Gasteiger partial charge in [0.05, 0.1) is 0 Å². The molecule has 5 heteroatoms. The van der Waals surface area contributed by atoms with Crippen LogP contribution < -0.4 is 16.4 Å². The van der Waals surface area contributed by atoms with Crippen LogP contribution in [0.3, 0.4) is 0 Å². The molecule has 0 saturated heterocycles. The molecule has 2 amide bonds. The number of carbonyl (C=O) groups excluding carboxylic acids is 1. The number of nitrogens with one attached hydrogen (secondary N) is 2. The van der Waals surface area contributed by atoms with E-state index in [0.717, 1.165) is 0 Å². The van der Waals surface area contributed by atoms with Gasteiger partial charge in [-0.3, -0.25) is 0 Å². The number of hydrogen-bond donors (Lipinski definition) is 3. The SMILES string of the molecule is NC(CNC(=O)Nc1cccc(Cl)c1)C1CC1. The Morgan fingerprint density at radius 3 is 2.94 bits per heavy atom. The van der Waals surface area contributed by atoms with Gasteiger partial charge in [-0.15, -0.1) is 0 Å². The van der Waals surface area contributed by atoms with Gasteiger partial charge in [-0.05, 0) is 37.0 Å². The van der Waals surface area contributed by atoms with Gasteiger partial charge in [-0.25, -0.2) is 4.79 Å². The largest absolute Gasteiger partial charge is 0.336 e. The van der Waals surface area contributed by atoms with Gasteiger partial charge < -0.3 is 16.4 Å². The van der Waals surface area contributed by atoms with Gasteiger partial charge in [0.1, 0.15) is 0 Å². The Morgan fingerprint density at radius 1 is 1.53 bits per heavy atom. The molecule has 1 atom stereocenters. The molecular formula is C12H16ClN3O. The first-order valence-corrected chi connectivity index (χ1v) is 6.09. The topological polar surface area (TPSA) is 67.1 Å². The monoisotopic (exact) mass is 253 g/mol. The first-order chi connectivity index (χ1) is 8.15. The van der Waals surface area contributed by atoms with E-state index in [1.54, 1.807) is 24.3 Å². The molecule has 4 N–H and O–H groups in total. The van der Waals surface area contributed by atoms with Gasteiger partial charge in [0, 0.05) is 23.3 Å². The minimum absolute atomic E-state index is 0.0695. The summed E-state index contributed by atoms with van der Waals surface area (Å²) in [7, 11) is 0. The third-order valence-electron chi connectivity index (χ3n) is 2.81. The molecule has 1 unspecified atom stereocenters. The van der Waals surface area contributed by atoms with E-state index in [2.05, 4.69) is 10.6 Å². The summed E-state index contributed by atoms with van der Waals surface area (Å²) in [5, 5.41) is 6.06. The Hall–Kier alpha value is -1.26. The van der Waals surface area contributed by atoms with Gasteiger partial charge >= 0.3 is 6.03 Å². The Bertz CT molecular complexity index is 406. The Kier molecular flexibility index (Phi) is 3.86. The molecule has 1 saturated carbocycles. The summed E-state index contributed by atoms with van der Waals surface area (Å²) in [6.07, 6.45) is 2.36. The van der Waals surface area contributed by atoms with Crippen molar-refractivity contribution in [2.24, 2.45) is 11.7 Å². The van der Waals surface area contributed by atoms with Gasteiger partial charge in [0.15, 0.2) is 0 Å². The van der Waals surface area contributed by atoms with E-state index in [9.17, 15) is 4.79 Å². The highest BCUT2D eigenvalue weighted by molar-refractivity contribution is 6.30. The summed E-state index contributed by atoms with van der Waals surface area (Å²) < 4.78 is 0. The van der Waals surface area contributed by atoms with Crippen molar-refractivity contribution in [1.29, 1.82) is 0 Å². The molecule has 1 aliphatic rings. The minimum Gasteiger partial charge on any atom is -0.336 e. The average Bonchev–Trinajstić information content (AvgIpc) is 3.09. The lowest BCUT2D eigenvalue weighted by molar-refractivity contribution is 0.251. The maximum absolute atomic E-state index is 11.6. The fourth-order valence-corrected chi connectivity index (χ4v) is 1.83. The van der Waals surface area contributed by atoms with Crippen LogP contribution in [0.25, 0.3) is 0 Å². The fourth-order valence-electron chi connectivity index (χ4n) is 1.64. The normalized spacial score (nSPS) is 16.4. The molecular weight excluding hydrogens is 238 g/mol. The van der Waals surface area contributed by atoms with Crippen molar-refractivity contribution >= 4 is 23.3 Å². The standard InChI is InChI=1S/C12H16ClN3O/c13-9-2-1-3-10(6-9)16-12(17)15-7-11(14)8-4-5-8/h1-3,6,8,11H,4-5,7,14H2,(H2,15,16,17). The average molecular weight is 254 g/mol. The van der Waals surface area contributed by atoms with Crippen molar-refractivity contribution in [2.75, 3.05) is 11.9 Å². The maximum atomic E-state index is 11.6.